The van der Waals surface area contributed by atoms with E-state index in [9.17, 15) is 57.0 Å². The van der Waals surface area contributed by atoms with Crippen molar-refractivity contribution in [1.82, 2.24) is 55.1 Å². The van der Waals surface area contributed by atoms with Crippen molar-refractivity contribution in [3.8, 4) is 0 Å². The average molecular weight is 1530 g/mol. The highest BCUT2D eigenvalue weighted by atomic mass is 32.2. The van der Waals surface area contributed by atoms with E-state index in [0.717, 1.165) is 108 Å². The number of thioether (sulfide) groups is 4. The molecule has 3 saturated heterocycles. The SMILES string of the molecule is CC(=O)OCC1=C(C(=O)O)N2C(=O)[C@@H](NC(=O)CSc3ccncc3)[C@H]2SC1.CC(=O)OCC1=C(C(=O)O)N2C(=O)[C@@H](NC(=O)CSc3ccncc3)[C@H]2SC1.CN1CCN(CCCN2c3ccccc3Sc3ccc(S(=O)(=O)N(C)C)cc32)CC1.c1ccc(CNCCNCc2ccccc2)cc1. The number of aliphatic carboxylic acids is 2. The molecule has 6 aliphatic heterocycles. The van der Waals surface area contributed by atoms with Crippen LogP contribution in [0.4, 0.5) is 11.4 Å². The standard InChI is InChI=1S/C22H30N4O2S2.2C17H17N3O6S2.C16H20N2/c1-23(2)30(27,28)18-9-10-22-20(17-18)26(19-7-4-5-8-21(19)29-22)12-6-11-25-15-13-24(3)14-16-25;2*1-9(21)26-6-10-7-28-16-13(15(23)20(16)14(10)17(24)25)19-12(22)8-27-11-2-4-18-5-3-11;1-3-7-15(8-4-1)13-17-11-12-18-14-16-9-5-2-6-10-16/h4-5,7-10,17H,6,11-16H2,1-3H3;2*2-5,13,16H,6-8H2,1H3,(H,19,22)(H,24,25);1-10,17-18H,11-14H2/t;2*13-,16-;/m.11./s1. The number of sulfonamides is 1. The van der Waals surface area contributed by atoms with Gasteiger partial charge < -0.3 is 55.7 Å². The van der Waals surface area contributed by atoms with Crippen LogP contribution in [0.25, 0.3) is 0 Å². The Kier molecular flexibility index (Phi) is 30.1. The van der Waals surface area contributed by atoms with Crippen molar-refractivity contribution in [2.45, 2.75) is 80.7 Å². The zero-order valence-electron chi connectivity index (χ0n) is 58.1. The van der Waals surface area contributed by atoms with Crippen LogP contribution in [0.5, 0.6) is 0 Å². The molecule has 6 aromatic rings. The Morgan fingerprint density at radius 2 is 1.05 bits per heavy atom. The Morgan fingerprint density at radius 3 is 1.50 bits per heavy atom. The van der Waals surface area contributed by atoms with Gasteiger partial charge >= 0.3 is 23.9 Å². The molecule has 0 radical (unpaired) electrons. The van der Waals surface area contributed by atoms with Crippen LogP contribution >= 0.6 is 58.8 Å². The number of benzene rings is 4. The van der Waals surface area contributed by atoms with E-state index in [2.05, 4.69) is 126 Å². The second-order valence-corrected chi connectivity index (χ2v) is 31.9. The molecule has 4 atom stereocenters. The van der Waals surface area contributed by atoms with E-state index in [0.29, 0.717) is 27.5 Å². The zero-order valence-corrected chi connectivity index (χ0v) is 63.0. The first-order valence-electron chi connectivity index (χ1n) is 33.3. The highest BCUT2D eigenvalue weighted by Crippen LogP contribution is 2.49. The number of aromatic nitrogens is 2. The van der Waals surface area contributed by atoms with E-state index in [1.807, 2.05) is 24.3 Å². The van der Waals surface area contributed by atoms with Gasteiger partial charge in [-0.3, -0.25) is 48.5 Å². The van der Waals surface area contributed by atoms with Crippen molar-refractivity contribution in [3.05, 3.63) is 186 Å². The highest BCUT2D eigenvalue weighted by molar-refractivity contribution is 8.01. The minimum atomic E-state index is -3.47. The number of carbonyl (C=O) groups excluding carboxylic acids is 6. The predicted molar refractivity (Wildman–Crippen MR) is 402 cm³/mol. The number of hydrogen-bond donors (Lipinski definition) is 6. The summed E-state index contributed by atoms with van der Waals surface area (Å²) in [7, 11) is 1.86. The number of esters is 2. The fourth-order valence-corrected chi connectivity index (χ4v) is 17.4. The van der Waals surface area contributed by atoms with Crippen molar-refractivity contribution < 1.29 is 66.5 Å². The number of β-lactam (4-membered cyclic amide) rings is 2. The molecule has 6 aliphatic rings. The van der Waals surface area contributed by atoms with Crippen molar-refractivity contribution in [2.75, 3.05) is 115 Å². The number of para-hydroxylation sites is 1. The number of nitrogens with zero attached hydrogens (tertiary/aromatic N) is 8. The molecule has 4 aromatic carbocycles. The number of carboxylic acid groups (broad SMARTS) is 2. The summed E-state index contributed by atoms with van der Waals surface area (Å²) in [6.45, 7) is 12.3. The van der Waals surface area contributed by atoms with Crippen molar-refractivity contribution >= 4 is 128 Å². The summed E-state index contributed by atoms with van der Waals surface area (Å²) in [6, 6.07) is 40.4. The summed E-state index contributed by atoms with van der Waals surface area (Å²) in [5.41, 5.74) is 5.18. The largest absolute Gasteiger partial charge is 0.477 e. The third kappa shape index (κ3) is 22.2. The van der Waals surface area contributed by atoms with E-state index in [1.54, 1.807) is 81.0 Å². The Bertz CT molecular complexity index is 3980. The summed E-state index contributed by atoms with van der Waals surface area (Å²) >= 11 is 6.99. The minimum Gasteiger partial charge on any atom is -0.477 e. The van der Waals surface area contributed by atoms with Gasteiger partial charge in [-0.2, -0.15) is 0 Å². The van der Waals surface area contributed by atoms with Gasteiger partial charge in [-0.05, 0) is 85.7 Å². The topological polar surface area (TPSA) is 323 Å². The van der Waals surface area contributed by atoms with Gasteiger partial charge in [0.2, 0.25) is 21.8 Å². The lowest BCUT2D eigenvalue weighted by atomic mass is 10.0. The minimum absolute atomic E-state index is 0.129. The molecule has 0 bridgehead atoms. The molecule has 26 nitrogen and oxygen atoms in total. The Labute approximate surface area is 626 Å². The van der Waals surface area contributed by atoms with Crippen LogP contribution in [-0.4, -0.2) is 233 Å². The number of piperazine rings is 1. The summed E-state index contributed by atoms with van der Waals surface area (Å²) in [5.74, 6) is -4.35. The molecule has 0 saturated carbocycles. The molecule has 3 fully saturated rings. The predicted octanol–water partition coefficient (Wildman–Crippen LogP) is 6.69. The summed E-state index contributed by atoms with van der Waals surface area (Å²) < 4.78 is 36.5. The lowest BCUT2D eigenvalue weighted by Gasteiger charge is -2.49. The number of anilines is 2. The molecule has 4 amide bonds. The van der Waals surface area contributed by atoms with Gasteiger partial charge in [0, 0.05) is 154 Å². The maximum absolute atomic E-state index is 12.7. The second kappa shape index (κ2) is 39.2. The van der Waals surface area contributed by atoms with Gasteiger partial charge in [-0.15, -0.1) is 47.0 Å². The third-order valence-corrected chi connectivity index (χ3v) is 24.4. The molecule has 12 rings (SSSR count). The molecule has 6 N–H and O–H groups in total. The van der Waals surface area contributed by atoms with E-state index < -0.39 is 68.5 Å². The number of amides is 4. The fraction of sp³-hybridized carbons (Fsp3) is 0.361. The van der Waals surface area contributed by atoms with Crippen LogP contribution in [0.1, 0.15) is 31.4 Å². The molecular weight excluding hydrogens is 1450 g/mol. The molecule has 0 spiro atoms. The van der Waals surface area contributed by atoms with Gasteiger partial charge in [0.05, 0.1) is 27.8 Å². The van der Waals surface area contributed by atoms with Crippen LogP contribution in [0.2, 0.25) is 0 Å². The molecule has 32 heteroatoms. The van der Waals surface area contributed by atoms with Gasteiger partial charge in [-0.25, -0.2) is 22.3 Å². The molecule has 0 unspecified atom stereocenters. The Hall–Kier alpha value is -8.28. The Morgan fingerprint density at radius 1 is 0.596 bits per heavy atom. The lowest BCUT2D eigenvalue weighted by molar-refractivity contribution is -0.150. The summed E-state index contributed by atoms with van der Waals surface area (Å²) in [5, 5.41) is 30.2. The summed E-state index contributed by atoms with van der Waals surface area (Å²) in [6.07, 6.45) is 7.53. The average Bonchev–Trinajstić information content (AvgIpc) is 0.742. The molecule has 0 aliphatic carbocycles. The Balaban J connectivity index is 0.000000163. The number of rotatable bonds is 27. The lowest BCUT2D eigenvalue weighted by Crippen LogP contribution is -2.70. The number of fused-ring (bicyclic) bond motifs is 4. The van der Waals surface area contributed by atoms with Crippen LogP contribution in [0, 0.1) is 0 Å². The number of carboxylic acids is 2. The third-order valence-electron chi connectivity index (χ3n) is 16.7. The number of carbonyl (C=O) groups is 8. The quantitative estimate of drug-likeness (QED) is 0.0135. The van der Waals surface area contributed by atoms with Crippen molar-refractivity contribution in [3.63, 3.8) is 0 Å². The van der Waals surface area contributed by atoms with Crippen LogP contribution in [0.15, 0.2) is 199 Å². The van der Waals surface area contributed by atoms with Gasteiger partial charge in [0.1, 0.15) is 47.4 Å². The molecular formula is C72H84N12O14S6. The monoisotopic (exact) mass is 1530 g/mol. The van der Waals surface area contributed by atoms with E-state index in [1.165, 1.54) is 81.2 Å². The molecule has 104 heavy (non-hydrogen) atoms. The first-order valence-corrected chi connectivity index (χ1v) is 39.6. The normalized spacial score (nSPS) is 18.2. The number of hydrogen-bond acceptors (Lipinski definition) is 24. The highest BCUT2D eigenvalue weighted by Gasteiger charge is 2.55. The van der Waals surface area contributed by atoms with Crippen molar-refractivity contribution in [2.24, 2.45) is 0 Å². The van der Waals surface area contributed by atoms with E-state index in [4.69, 9.17) is 9.47 Å². The van der Waals surface area contributed by atoms with Gasteiger partial charge in [0.25, 0.3) is 11.8 Å². The van der Waals surface area contributed by atoms with Gasteiger partial charge in [-0.1, -0.05) is 84.6 Å². The first-order chi connectivity index (χ1) is 50.1. The van der Waals surface area contributed by atoms with E-state index in [-0.39, 0.29) is 47.9 Å². The van der Waals surface area contributed by atoms with Crippen LogP contribution in [0.3, 0.4) is 0 Å². The number of ether oxygens (including phenoxy) is 2. The van der Waals surface area contributed by atoms with Crippen LogP contribution in [-0.2, 0) is 70.9 Å². The molecule has 2 aromatic heterocycles. The zero-order chi connectivity index (χ0) is 74.3. The first kappa shape index (κ1) is 79.8. The van der Waals surface area contributed by atoms with Gasteiger partial charge in [0.15, 0.2) is 0 Å². The second-order valence-electron chi connectivity index (χ2n) is 24.4. The maximum atomic E-state index is 12.7. The fourth-order valence-electron chi connectivity index (χ4n) is 11.3. The van der Waals surface area contributed by atoms with Crippen LogP contribution < -0.4 is 26.2 Å². The summed E-state index contributed by atoms with van der Waals surface area (Å²) in [4.78, 5) is 116. The molecule has 8 heterocycles. The van der Waals surface area contributed by atoms with E-state index >= 15 is 0 Å². The smallest absolute Gasteiger partial charge is 0.352 e. The number of pyridine rings is 2. The van der Waals surface area contributed by atoms with Crippen molar-refractivity contribution in [1.29, 1.82) is 0 Å². The maximum Gasteiger partial charge on any atom is 0.352 e. The molecule has 552 valence electrons. The number of likely N-dealkylation sites (N-methyl/N-ethyl adjacent to an activating group) is 1. The number of nitrogens with one attached hydrogen (secondary N) is 4.